The summed E-state index contributed by atoms with van der Waals surface area (Å²) in [6.07, 6.45) is -0.568. The number of anilines is 1. The number of esters is 1. The van der Waals surface area contributed by atoms with Gasteiger partial charge in [0.25, 0.3) is 5.91 Å². The molecule has 0 fully saturated rings. The lowest BCUT2D eigenvalue weighted by atomic mass is 10.1. The average molecular weight is 363 g/mol. The summed E-state index contributed by atoms with van der Waals surface area (Å²) in [7, 11) is 1.57. The first-order valence-electron chi connectivity index (χ1n) is 7.97. The highest BCUT2D eigenvalue weighted by Crippen LogP contribution is 2.16. The lowest BCUT2D eigenvalue weighted by Gasteiger charge is -2.14. The van der Waals surface area contributed by atoms with E-state index >= 15 is 0 Å². The van der Waals surface area contributed by atoms with Crippen molar-refractivity contribution in [2.75, 3.05) is 12.4 Å². The summed E-state index contributed by atoms with van der Waals surface area (Å²) in [4.78, 5) is 23.8. The molecule has 0 unspecified atom stereocenters. The summed E-state index contributed by atoms with van der Waals surface area (Å²) in [5.74, 6) is -2.19. The Bertz CT molecular complexity index is 778. The summed E-state index contributed by atoms with van der Waals surface area (Å²) in [6.45, 7) is 1.38. The van der Waals surface area contributed by atoms with Gasteiger partial charge in [0, 0.05) is 12.5 Å². The maximum atomic E-state index is 13.5. The molecular weight excluding hydrogens is 344 g/mol. The SMILES string of the molecule is COc1ccc(CCC(=O)O[C@H](C)C(=O)Nc2ccc(F)cc2F)cc1. The zero-order valence-electron chi connectivity index (χ0n) is 14.4. The van der Waals surface area contributed by atoms with Crippen molar-refractivity contribution in [2.45, 2.75) is 25.9 Å². The van der Waals surface area contributed by atoms with Gasteiger partial charge in [-0.25, -0.2) is 8.78 Å². The lowest BCUT2D eigenvalue weighted by Crippen LogP contribution is -2.30. The Balaban J connectivity index is 1.82. The van der Waals surface area contributed by atoms with E-state index < -0.39 is 29.6 Å². The first kappa shape index (κ1) is 19.4. The minimum Gasteiger partial charge on any atom is -0.497 e. The maximum absolute atomic E-state index is 13.5. The zero-order valence-corrected chi connectivity index (χ0v) is 14.4. The molecule has 0 aromatic heterocycles. The molecule has 5 nitrogen and oxygen atoms in total. The summed E-state index contributed by atoms with van der Waals surface area (Å²) in [5.41, 5.74) is 0.741. The molecule has 0 radical (unpaired) electrons. The Morgan fingerprint density at radius 2 is 1.81 bits per heavy atom. The van der Waals surface area contributed by atoms with Crippen LogP contribution < -0.4 is 10.1 Å². The molecule has 1 N–H and O–H groups in total. The van der Waals surface area contributed by atoms with Crippen molar-refractivity contribution >= 4 is 17.6 Å². The molecule has 0 saturated heterocycles. The van der Waals surface area contributed by atoms with Crippen molar-refractivity contribution in [2.24, 2.45) is 0 Å². The third-order valence-electron chi connectivity index (χ3n) is 3.64. The lowest BCUT2D eigenvalue weighted by molar-refractivity contribution is -0.153. The van der Waals surface area contributed by atoms with Crippen LogP contribution in [0, 0.1) is 11.6 Å². The number of nitrogens with one attached hydrogen (secondary N) is 1. The van der Waals surface area contributed by atoms with Crippen molar-refractivity contribution in [3.63, 3.8) is 0 Å². The Hall–Kier alpha value is -2.96. The quantitative estimate of drug-likeness (QED) is 0.765. The number of methoxy groups -OCH3 is 1. The van der Waals surface area contributed by atoms with Crippen LogP contribution in [-0.2, 0) is 20.7 Å². The van der Waals surface area contributed by atoms with E-state index in [-0.39, 0.29) is 12.1 Å². The molecule has 0 heterocycles. The number of hydrogen-bond acceptors (Lipinski definition) is 4. The van der Waals surface area contributed by atoms with E-state index in [4.69, 9.17) is 9.47 Å². The van der Waals surface area contributed by atoms with Gasteiger partial charge in [0.15, 0.2) is 6.10 Å². The molecule has 0 saturated carbocycles. The van der Waals surface area contributed by atoms with E-state index in [0.29, 0.717) is 12.5 Å². The van der Waals surface area contributed by atoms with Gasteiger partial charge in [-0.1, -0.05) is 12.1 Å². The predicted molar refractivity (Wildman–Crippen MR) is 91.9 cm³/mol. The first-order valence-corrected chi connectivity index (χ1v) is 7.97. The van der Waals surface area contributed by atoms with Crippen LogP contribution in [0.4, 0.5) is 14.5 Å². The van der Waals surface area contributed by atoms with Crippen LogP contribution >= 0.6 is 0 Å². The van der Waals surface area contributed by atoms with Crippen LogP contribution in [0.5, 0.6) is 5.75 Å². The van der Waals surface area contributed by atoms with Crippen LogP contribution in [0.15, 0.2) is 42.5 Å². The van der Waals surface area contributed by atoms with E-state index in [2.05, 4.69) is 5.32 Å². The van der Waals surface area contributed by atoms with E-state index in [1.165, 1.54) is 6.92 Å². The Kier molecular flexibility index (Phi) is 6.66. The summed E-state index contributed by atoms with van der Waals surface area (Å²) in [6, 6.07) is 10.0. The zero-order chi connectivity index (χ0) is 19.1. The number of benzene rings is 2. The molecule has 0 bridgehead atoms. The number of rotatable bonds is 7. The molecule has 0 spiro atoms. The summed E-state index contributed by atoms with van der Waals surface area (Å²) >= 11 is 0. The highest BCUT2D eigenvalue weighted by Gasteiger charge is 2.19. The van der Waals surface area contributed by atoms with Gasteiger partial charge in [-0.15, -0.1) is 0 Å². The molecule has 26 heavy (non-hydrogen) atoms. The standard InChI is InChI=1S/C19H19F2NO4/c1-12(19(24)22-17-9-6-14(20)11-16(17)21)26-18(23)10-5-13-3-7-15(25-2)8-4-13/h3-4,6-9,11-12H,5,10H2,1-2H3,(H,22,24)/t12-/m1/s1. The first-order chi connectivity index (χ1) is 12.4. The predicted octanol–water partition coefficient (Wildman–Crippen LogP) is 3.48. The number of carbonyl (C=O) groups excluding carboxylic acids is 2. The maximum Gasteiger partial charge on any atom is 0.306 e. The number of aryl methyl sites for hydroxylation is 1. The van der Waals surface area contributed by atoms with Crippen molar-refractivity contribution in [3.05, 3.63) is 59.7 Å². The van der Waals surface area contributed by atoms with E-state index in [1.54, 1.807) is 19.2 Å². The fourth-order valence-electron chi connectivity index (χ4n) is 2.17. The monoisotopic (exact) mass is 363 g/mol. The molecule has 138 valence electrons. The van der Waals surface area contributed by atoms with Gasteiger partial charge in [-0.05, 0) is 43.2 Å². The number of carbonyl (C=O) groups is 2. The molecule has 2 rings (SSSR count). The highest BCUT2D eigenvalue weighted by atomic mass is 19.1. The summed E-state index contributed by atoms with van der Waals surface area (Å²) < 4.78 is 36.5. The van der Waals surface area contributed by atoms with Gasteiger partial charge in [0.2, 0.25) is 0 Å². The van der Waals surface area contributed by atoms with E-state index in [1.807, 2.05) is 12.1 Å². The van der Waals surface area contributed by atoms with E-state index in [0.717, 1.165) is 23.4 Å². The van der Waals surface area contributed by atoms with E-state index in [9.17, 15) is 18.4 Å². The highest BCUT2D eigenvalue weighted by molar-refractivity contribution is 5.95. The van der Waals surface area contributed by atoms with Gasteiger partial charge in [-0.3, -0.25) is 9.59 Å². The molecule has 2 aromatic carbocycles. The fourth-order valence-corrected chi connectivity index (χ4v) is 2.17. The van der Waals surface area contributed by atoms with Crippen LogP contribution in [0.25, 0.3) is 0 Å². The Morgan fingerprint density at radius 1 is 1.12 bits per heavy atom. The second kappa shape index (κ2) is 8.94. The molecule has 7 heteroatoms. The molecule has 0 aliphatic rings. The second-order valence-corrected chi connectivity index (χ2v) is 5.59. The van der Waals surface area contributed by atoms with Crippen molar-refractivity contribution < 1.29 is 27.8 Å². The largest absolute Gasteiger partial charge is 0.497 e. The van der Waals surface area contributed by atoms with Crippen molar-refractivity contribution in [1.82, 2.24) is 0 Å². The minimum atomic E-state index is -1.11. The molecule has 1 atom stereocenters. The van der Waals surface area contributed by atoms with Crippen LogP contribution in [0.2, 0.25) is 0 Å². The molecular formula is C19H19F2NO4. The van der Waals surface area contributed by atoms with Gasteiger partial charge in [0.1, 0.15) is 17.4 Å². The number of halogens is 2. The van der Waals surface area contributed by atoms with Crippen LogP contribution in [0.1, 0.15) is 18.9 Å². The number of hydrogen-bond donors (Lipinski definition) is 1. The number of amides is 1. The Morgan fingerprint density at radius 3 is 2.42 bits per heavy atom. The minimum absolute atomic E-state index is 0.0921. The van der Waals surface area contributed by atoms with Gasteiger partial charge >= 0.3 is 5.97 Å². The third-order valence-corrected chi connectivity index (χ3v) is 3.64. The average Bonchev–Trinajstić information content (AvgIpc) is 2.62. The Labute approximate surface area is 149 Å². The molecule has 0 aliphatic heterocycles. The topological polar surface area (TPSA) is 64.6 Å². The number of ether oxygens (including phenoxy) is 2. The fraction of sp³-hybridized carbons (Fsp3) is 0.263. The second-order valence-electron chi connectivity index (χ2n) is 5.59. The molecule has 1 amide bonds. The van der Waals surface area contributed by atoms with Gasteiger partial charge < -0.3 is 14.8 Å². The van der Waals surface area contributed by atoms with Crippen molar-refractivity contribution in [3.8, 4) is 5.75 Å². The van der Waals surface area contributed by atoms with Crippen LogP contribution in [-0.4, -0.2) is 25.1 Å². The van der Waals surface area contributed by atoms with Crippen LogP contribution in [0.3, 0.4) is 0 Å². The summed E-state index contributed by atoms with van der Waals surface area (Å²) in [5, 5.41) is 2.26. The third kappa shape index (κ3) is 5.54. The smallest absolute Gasteiger partial charge is 0.306 e. The van der Waals surface area contributed by atoms with Gasteiger partial charge in [-0.2, -0.15) is 0 Å². The van der Waals surface area contributed by atoms with Crippen molar-refractivity contribution in [1.29, 1.82) is 0 Å². The molecule has 0 aliphatic carbocycles. The normalized spacial score (nSPS) is 11.5. The van der Waals surface area contributed by atoms with Gasteiger partial charge in [0.05, 0.1) is 12.8 Å². The molecule has 2 aromatic rings.